The van der Waals surface area contributed by atoms with E-state index >= 15 is 0 Å². The number of hydrogen-bond donors (Lipinski definition) is 0. The normalized spacial score (nSPS) is 15.6. The third kappa shape index (κ3) is 5.34. The Morgan fingerprint density at radius 1 is 1.04 bits per heavy atom. The molecule has 1 aliphatic heterocycles. The molecule has 0 atom stereocenters. The lowest BCUT2D eigenvalue weighted by Crippen LogP contribution is -2.35. The molecule has 0 unspecified atom stereocenters. The molecule has 0 aromatic heterocycles. The third-order valence-corrected chi connectivity index (χ3v) is 7.27. The van der Waals surface area contributed by atoms with Gasteiger partial charge in [0.05, 0.1) is 0 Å². The van der Waals surface area contributed by atoms with E-state index in [9.17, 15) is 14.4 Å². The first-order valence-electron chi connectivity index (χ1n) is 9.42. The smallest absolute Gasteiger partial charge is 0.534 e. The standard InChI is InChI=1S/C20H29NO6Si/c1-13(2)20(5,6)28-27-15-9-7-14(8-10-15)19(3,4)25-18(24)26-21-16(22)11-12-17(21)23/h7-10,13H,11-12,28H2,1-6H3. The summed E-state index contributed by atoms with van der Waals surface area (Å²) in [6.45, 7) is 12.2. The van der Waals surface area contributed by atoms with Crippen molar-refractivity contribution in [2.45, 2.75) is 65.0 Å². The van der Waals surface area contributed by atoms with Crippen LogP contribution in [0.2, 0.25) is 5.04 Å². The second kappa shape index (κ2) is 8.34. The van der Waals surface area contributed by atoms with E-state index in [1.54, 1.807) is 13.8 Å². The van der Waals surface area contributed by atoms with Crippen molar-refractivity contribution in [1.29, 1.82) is 0 Å². The molecule has 0 aliphatic carbocycles. The van der Waals surface area contributed by atoms with Crippen LogP contribution in [0, 0.1) is 5.92 Å². The largest absolute Gasteiger partial charge is 0.549 e. The first kappa shape index (κ1) is 21.9. The maximum Gasteiger partial charge on any atom is 0.534 e. The molecule has 0 bridgehead atoms. The lowest BCUT2D eigenvalue weighted by atomic mass is 9.98. The number of benzene rings is 1. The van der Waals surface area contributed by atoms with Crippen molar-refractivity contribution < 1.29 is 28.4 Å². The van der Waals surface area contributed by atoms with Crippen molar-refractivity contribution in [2.24, 2.45) is 5.92 Å². The molecular formula is C20H29NO6Si. The van der Waals surface area contributed by atoms with Crippen molar-refractivity contribution in [3.8, 4) is 5.75 Å². The minimum absolute atomic E-state index is 0.0356. The predicted molar refractivity (Wildman–Crippen MR) is 106 cm³/mol. The van der Waals surface area contributed by atoms with E-state index in [1.165, 1.54) is 0 Å². The second-order valence-corrected chi connectivity index (χ2v) is 10.9. The minimum Gasteiger partial charge on any atom is -0.549 e. The SMILES string of the molecule is CC(C)C(C)(C)[SiH2]Oc1ccc(C(C)(C)OC(=O)ON2C(=O)CCC2=O)cc1. The number of ether oxygens (including phenoxy) is 1. The van der Waals surface area contributed by atoms with Gasteiger partial charge in [-0.25, -0.2) is 4.79 Å². The van der Waals surface area contributed by atoms with Gasteiger partial charge < -0.3 is 9.16 Å². The molecule has 1 fully saturated rings. The van der Waals surface area contributed by atoms with E-state index in [-0.39, 0.29) is 17.9 Å². The number of carbonyl (C=O) groups excluding carboxylic acids is 3. The third-order valence-electron chi connectivity index (χ3n) is 5.23. The van der Waals surface area contributed by atoms with Crippen LogP contribution in [-0.2, 0) is 24.8 Å². The van der Waals surface area contributed by atoms with Crippen LogP contribution in [0.5, 0.6) is 5.75 Å². The highest BCUT2D eigenvalue weighted by molar-refractivity contribution is 6.33. The summed E-state index contributed by atoms with van der Waals surface area (Å²) in [5.41, 5.74) is -0.267. The molecule has 2 rings (SSSR count). The van der Waals surface area contributed by atoms with Crippen LogP contribution in [0.3, 0.4) is 0 Å². The number of nitrogens with zero attached hydrogens (tertiary/aromatic N) is 1. The van der Waals surface area contributed by atoms with Gasteiger partial charge in [-0.15, -0.1) is 0 Å². The van der Waals surface area contributed by atoms with Crippen LogP contribution in [0.15, 0.2) is 24.3 Å². The first-order chi connectivity index (χ1) is 12.9. The maximum absolute atomic E-state index is 12.0. The van der Waals surface area contributed by atoms with Gasteiger partial charge >= 0.3 is 6.16 Å². The molecule has 0 saturated carbocycles. The average Bonchev–Trinajstić information content (AvgIpc) is 2.91. The first-order valence-corrected chi connectivity index (χ1v) is 10.7. The lowest BCUT2D eigenvalue weighted by molar-refractivity contribution is -0.181. The number of rotatable bonds is 7. The van der Waals surface area contributed by atoms with E-state index in [1.807, 2.05) is 24.3 Å². The van der Waals surface area contributed by atoms with Gasteiger partial charge in [0, 0.05) is 12.8 Å². The van der Waals surface area contributed by atoms with Gasteiger partial charge in [0.15, 0.2) is 0 Å². The minimum atomic E-state index is -1.10. The second-order valence-electron chi connectivity index (χ2n) is 8.49. The molecule has 28 heavy (non-hydrogen) atoms. The van der Waals surface area contributed by atoms with Gasteiger partial charge in [-0.1, -0.05) is 44.9 Å². The fourth-order valence-electron chi connectivity index (χ4n) is 2.41. The van der Waals surface area contributed by atoms with Gasteiger partial charge in [0.2, 0.25) is 9.76 Å². The molecule has 0 spiro atoms. The highest BCUT2D eigenvalue weighted by Crippen LogP contribution is 2.33. The Balaban J connectivity index is 1.96. The van der Waals surface area contributed by atoms with Gasteiger partial charge in [0.1, 0.15) is 11.4 Å². The van der Waals surface area contributed by atoms with Gasteiger partial charge in [-0.3, -0.25) is 14.4 Å². The quantitative estimate of drug-likeness (QED) is 0.391. The Morgan fingerprint density at radius 3 is 2.07 bits per heavy atom. The van der Waals surface area contributed by atoms with Gasteiger partial charge in [0.25, 0.3) is 11.8 Å². The number of carbonyl (C=O) groups is 3. The Bertz CT molecular complexity index is 726. The van der Waals surface area contributed by atoms with Gasteiger partial charge in [-0.05, 0) is 42.5 Å². The number of amides is 2. The summed E-state index contributed by atoms with van der Waals surface area (Å²) in [7, 11) is -0.768. The summed E-state index contributed by atoms with van der Waals surface area (Å²) in [6, 6.07) is 7.35. The lowest BCUT2D eigenvalue weighted by Gasteiger charge is -2.29. The van der Waals surface area contributed by atoms with E-state index in [0.717, 1.165) is 11.3 Å². The Morgan fingerprint density at radius 2 is 1.57 bits per heavy atom. The molecule has 1 heterocycles. The zero-order valence-corrected chi connectivity index (χ0v) is 18.8. The molecule has 1 saturated heterocycles. The molecular weight excluding hydrogens is 378 g/mol. The Kier molecular flexibility index (Phi) is 6.54. The van der Waals surface area contributed by atoms with Crippen LogP contribution < -0.4 is 4.43 Å². The highest BCUT2D eigenvalue weighted by Gasteiger charge is 2.35. The fourth-order valence-corrected chi connectivity index (χ4v) is 3.47. The van der Waals surface area contributed by atoms with Crippen molar-refractivity contribution in [2.75, 3.05) is 0 Å². The topological polar surface area (TPSA) is 82.1 Å². The molecule has 1 aromatic carbocycles. The summed E-state index contributed by atoms with van der Waals surface area (Å²) < 4.78 is 11.3. The van der Waals surface area contributed by atoms with E-state index in [0.29, 0.717) is 11.0 Å². The van der Waals surface area contributed by atoms with E-state index in [4.69, 9.17) is 14.0 Å². The molecule has 1 aliphatic rings. The fraction of sp³-hybridized carbons (Fsp3) is 0.550. The summed E-state index contributed by atoms with van der Waals surface area (Å²) in [6.07, 6.45) is -1.03. The van der Waals surface area contributed by atoms with Crippen LogP contribution >= 0.6 is 0 Å². The van der Waals surface area contributed by atoms with Crippen LogP contribution in [0.25, 0.3) is 0 Å². The van der Waals surface area contributed by atoms with Crippen molar-refractivity contribution in [3.05, 3.63) is 29.8 Å². The van der Waals surface area contributed by atoms with E-state index in [2.05, 4.69) is 27.7 Å². The molecule has 1 aromatic rings. The summed E-state index contributed by atoms with van der Waals surface area (Å²) >= 11 is 0. The number of hydrogen-bond acceptors (Lipinski definition) is 6. The predicted octanol–water partition coefficient (Wildman–Crippen LogP) is 3.46. The molecule has 154 valence electrons. The molecule has 0 radical (unpaired) electrons. The molecule has 8 heteroatoms. The average molecular weight is 408 g/mol. The highest BCUT2D eigenvalue weighted by atomic mass is 28.2. The number of imide groups is 1. The van der Waals surface area contributed by atoms with E-state index < -0.39 is 33.3 Å². The monoisotopic (exact) mass is 407 g/mol. The zero-order chi connectivity index (χ0) is 21.1. The van der Waals surface area contributed by atoms with Crippen LogP contribution in [-0.4, -0.2) is 32.8 Å². The summed E-state index contributed by atoms with van der Waals surface area (Å²) in [5, 5.41) is 0.658. The summed E-state index contributed by atoms with van der Waals surface area (Å²) in [5.74, 6) is 0.242. The summed E-state index contributed by atoms with van der Waals surface area (Å²) in [4.78, 5) is 39.8. The number of hydroxylamine groups is 2. The molecule has 0 N–H and O–H groups in total. The van der Waals surface area contributed by atoms with Crippen molar-refractivity contribution in [3.63, 3.8) is 0 Å². The van der Waals surface area contributed by atoms with Gasteiger partial charge in [-0.2, -0.15) is 0 Å². The zero-order valence-electron chi connectivity index (χ0n) is 17.4. The van der Waals surface area contributed by atoms with Crippen molar-refractivity contribution in [1.82, 2.24) is 5.06 Å². The molecule has 2 amide bonds. The maximum atomic E-state index is 12.0. The Hall–Kier alpha value is -2.35. The van der Waals surface area contributed by atoms with Crippen LogP contribution in [0.4, 0.5) is 4.79 Å². The molecule has 7 nitrogen and oxygen atoms in total. The van der Waals surface area contributed by atoms with Crippen LogP contribution in [0.1, 0.15) is 59.9 Å². The van der Waals surface area contributed by atoms with Crippen molar-refractivity contribution >= 4 is 27.7 Å². The Labute approximate surface area is 168 Å².